The largest absolute Gasteiger partial charge is 0.368 e. The van der Waals surface area contributed by atoms with Crippen LogP contribution in [0.15, 0.2) is 6.20 Å². The topological polar surface area (TPSA) is 37.8 Å². The zero-order valence-electron chi connectivity index (χ0n) is 10.7. The fourth-order valence-corrected chi connectivity index (χ4v) is 2.08. The van der Waals surface area contributed by atoms with E-state index < -0.39 is 0 Å². The standard InChI is InChI=1S/C13H21N3/c1-9(2)13(5-6-13)8-15-12-11(4)14-7-10(3)16-12/h7,9H,5-6,8H2,1-4H3,(H,15,16). The third-order valence-electron chi connectivity index (χ3n) is 3.80. The molecule has 1 aliphatic carbocycles. The first-order valence-corrected chi connectivity index (χ1v) is 6.08. The van der Waals surface area contributed by atoms with E-state index >= 15 is 0 Å². The summed E-state index contributed by atoms with van der Waals surface area (Å²) in [4.78, 5) is 8.81. The number of anilines is 1. The molecule has 1 fully saturated rings. The van der Waals surface area contributed by atoms with Crippen LogP contribution >= 0.6 is 0 Å². The molecule has 0 unspecified atom stereocenters. The van der Waals surface area contributed by atoms with Crippen molar-refractivity contribution in [2.24, 2.45) is 11.3 Å². The Balaban J connectivity index is 2.02. The Kier molecular flexibility index (Phi) is 2.87. The number of nitrogens with one attached hydrogen (secondary N) is 1. The lowest BCUT2D eigenvalue weighted by Crippen LogP contribution is -2.22. The summed E-state index contributed by atoms with van der Waals surface area (Å²) in [6, 6.07) is 0. The number of aromatic nitrogens is 2. The highest BCUT2D eigenvalue weighted by Crippen LogP contribution is 2.51. The molecule has 1 aliphatic rings. The van der Waals surface area contributed by atoms with Gasteiger partial charge in [-0.2, -0.15) is 0 Å². The molecule has 0 atom stereocenters. The molecule has 0 aromatic carbocycles. The van der Waals surface area contributed by atoms with E-state index in [1.165, 1.54) is 12.8 Å². The van der Waals surface area contributed by atoms with E-state index in [2.05, 4.69) is 29.1 Å². The predicted octanol–water partition coefficient (Wildman–Crippen LogP) is 2.94. The Bertz CT molecular complexity index is 381. The average molecular weight is 219 g/mol. The number of aryl methyl sites for hydroxylation is 2. The Morgan fingerprint density at radius 3 is 2.62 bits per heavy atom. The Hall–Kier alpha value is -1.12. The summed E-state index contributed by atoms with van der Waals surface area (Å²) in [5, 5.41) is 3.46. The van der Waals surface area contributed by atoms with E-state index in [9.17, 15) is 0 Å². The maximum Gasteiger partial charge on any atom is 0.147 e. The lowest BCUT2D eigenvalue weighted by molar-refractivity contribution is 0.379. The molecule has 1 saturated carbocycles. The molecule has 3 nitrogen and oxygen atoms in total. The van der Waals surface area contributed by atoms with E-state index in [4.69, 9.17) is 0 Å². The maximum atomic E-state index is 4.49. The molecule has 88 valence electrons. The van der Waals surface area contributed by atoms with Crippen LogP contribution in [0.4, 0.5) is 5.82 Å². The second kappa shape index (κ2) is 4.04. The zero-order valence-corrected chi connectivity index (χ0v) is 10.7. The monoisotopic (exact) mass is 219 g/mol. The molecule has 0 amide bonds. The van der Waals surface area contributed by atoms with E-state index in [0.717, 1.165) is 29.7 Å². The average Bonchev–Trinajstić information content (AvgIpc) is 3.00. The smallest absolute Gasteiger partial charge is 0.147 e. The molecule has 0 aliphatic heterocycles. The van der Waals surface area contributed by atoms with Crippen molar-refractivity contribution in [2.75, 3.05) is 11.9 Å². The van der Waals surface area contributed by atoms with Crippen molar-refractivity contribution in [1.82, 2.24) is 9.97 Å². The predicted molar refractivity (Wildman–Crippen MR) is 66.5 cm³/mol. The molecule has 0 radical (unpaired) electrons. The van der Waals surface area contributed by atoms with E-state index in [1.807, 2.05) is 20.0 Å². The number of rotatable bonds is 4. The van der Waals surface area contributed by atoms with E-state index in [0.29, 0.717) is 5.41 Å². The SMILES string of the molecule is Cc1cnc(C)c(NCC2(C(C)C)CC2)n1. The van der Waals surface area contributed by atoms with E-state index in [-0.39, 0.29) is 0 Å². The molecule has 0 saturated heterocycles. The van der Waals surface area contributed by atoms with Crippen molar-refractivity contribution >= 4 is 5.82 Å². The minimum Gasteiger partial charge on any atom is -0.368 e. The van der Waals surface area contributed by atoms with Gasteiger partial charge in [0.15, 0.2) is 0 Å². The quantitative estimate of drug-likeness (QED) is 0.846. The van der Waals surface area contributed by atoms with Gasteiger partial charge in [-0.15, -0.1) is 0 Å². The summed E-state index contributed by atoms with van der Waals surface area (Å²) in [6.45, 7) is 9.63. The highest BCUT2D eigenvalue weighted by molar-refractivity contribution is 5.40. The lowest BCUT2D eigenvalue weighted by Gasteiger charge is -2.20. The molecular formula is C13H21N3. The first kappa shape index (κ1) is 11.4. The minimum absolute atomic E-state index is 0.512. The third-order valence-corrected chi connectivity index (χ3v) is 3.80. The maximum absolute atomic E-state index is 4.49. The molecular weight excluding hydrogens is 198 g/mol. The molecule has 1 heterocycles. The van der Waals surface area contributed by atoms with Crippen LogP contribution in [0, 0.1) is 25.2 Å². The summed E-state index contributed by atoms with van der Waals surface area (Å²) in [5.41, 5.74) is 2.48. The van der Waals surface area contributed by atoms with Crippen LogP contribution in [0.3, 0.4) is 0 Å². The highest BCUT2D eigenvalue weighted by Gasteiger charge is 2.45. The highest BCUT2D eigenvalue weighted by atomic mass is 15.0. The molecule has 0 bridgehead atoms. The second-order valence-corrected chi connectivity index (χ2v) is 5.32. The van der Waals surface area contributed by atoms with Gasteiger partial charge in [-0.3, -0.25) is 4.98 Å². The van der Waals surface area contributed by atoms with Crippen molar-refractivity contribution in [2.45, 2.75) is 40.5 Å². The van der Waals surface area contributed by atoms with Crippen LogP contribution < -0.4 is 5.32 Å². The number of hydrogen-bond donors (Lipinski definition) is 1. The van der Waals surface area contributed by atoms with Gasteiger partial charge in [-0.25, -0.2) is 4.98 Å². The number of hydrogen-bond acceptors (Lipinski definition) is 3. The van der Waals surface area contributed by atoms with Gasteiger partial charge in [-0.05, 0) is 38.0 Å². The van der Waals surface area contributed by atoms with Crippen LogP contribution in [0.1, 0.15) is 38.1 Å². The Morgan fingerprint density at radius 2 is 2.06 bits per heavy atom. The van der Waals surface area contributed by atoms with Gasteiger partial charge in [0.2, 0.25) is 0 Å². The summed E-state index contributed by atoms with van der Waals surface area (Å²) < 4.78 is 0. The minimum atomic E-state index is 0.512. The second-order valence-electron chi connectivity index (χ2n) is 5.32. The molecule has 0 spiro atoms. The van der Waals surface area contributed by atoms with Crippen molar-refractivity contribution in [3.05, 3.63) is 17.6 Å². The van der Waals surface area contributed by atoms with Gasteiger partial charge in [0.05, 0.1) is 11.4 Å². The first-order chi connectivity index (χ1) is 7.53. The van der Waals surface area contributed by atoms with Gasteiger partial charge in [0, 0.05) is 12.7 Å². The molecule has 1 aromatic heterocycles. The molecule has 16 heavy (non-hydrogen) atoms. The van der Waals surface area contributed by atoms with Gasteiger partial charge in [0.25, 0.3) is 0 Å². The van der Waals surface area contributed by atoms with Gasteiger partial charge < -0.3 is 5.32 Å². The summed E-state index contributed by atoms with van der Waals surface area (Å²) in [7, 11) is 0. The lowest BCUT2D eigenvalue weighted by atomic mass is 9.92. The normalized spacial score (nSPS) is 17.6. The van der Waals surface area contributed by atoms with Crippen molar-refractivity contribution in [1.29, 1.82) is 0 Å². The molecule has 2 rings (SSSR count). The Morgan fingerprint density at radius 1 is 1.38 bits per heavy atom. The summed E-state index contributed by atoms with van der Waals surface area (Å²) in [5.74, 6) is 1.70. The van der Waals surface area contributed by atoms with Gasteiger partial charge in [-0.1, -0.05) is 13.8 Å². The molecule has 3 heteroatoms. The van der Waals surface area contributed by atoms with Crippen LogP contribution in [0.5, 0.6) is 0 Å². The number of nitrogens with zero attached hydrogens (tertiary/aromatic N) is 2. The van der Waals surface area contributed by atoms with Gasteiger partial charge >= 0.3 is 0 Å². The van der Waals surface area contributed by atoms with Crippen molar-refractivity contribution in [3.8, 4) is 0 Å². The van der Waals surface area contributed by atoms with Crippen molar-refractivity contribution < 1.29 is 0 Å². The van der Waals surface area contributed by atoms with Crippen molar-refractivity contribution in [3.63, 3.8) is 0 Å². The fraction of sp³-hybridized carbons (Fsp3) is 0.692. The van der Waals surface area contributed by atoms with Crippen LogP contribution in [0.25, 0.3) is 0 Å². The van der Waals surface area contributed by atoms with E-state index in [1.54, 1.807) is 0 Å². The summed E-state index contributed by atoms with van der Waals surface area (Å²) >= 11 is 0. The molecule has 1 aromatic rings. The van der Waals surface area contributed by atoms with Crippen LogP contribution in [-0.2, 0) is 0 Å². The van der Waals surface area contributed by atoms with Crippen LogP contribution in [-0.4, -0.2) is 16.5 Å². The fourth-order valence-electron chi connectivity index (χ4n) is 2.08. The molecule has 1 N–H and O–H groups in total. The van der Waals surface area contributed by atoms with Gasteiger partial charge in [0.1, 0.15) is 5.82 Å². The van der Waals surface area contributed by atoms with Crippen LogP contribution in [0.2, 0.25) is 0 Å². The Labute approximate surface area is 97.7 Å². The zero-order chi connectivity index (χ0) is 11.8. The summed E-state index contributed by atoms with van der Waals surface area (Å²) in [6.07, 6.45) is 4.50. The first-order valence-electron chi connectivity index (χ1n) is 6.08. The third kappa shape index (κ3) is 2.18.